The first kappa shape index (κ1) is 19.0. The highest BCUT2D eigenvalue weighted by atomic mass is 16.5. The van der Waals surface area contributed by atoms with E-state index in [2.05, 4.69) is 0 Å². The molecule has 0 amide bonds. The van der Waals surface area contributed by atoms with Gasteiger partial charge in [-0.15, -0.1) is 0 Å². The van der Waals surface area contributed by atoms with Gasteiger partial charge >= 0.3 is 5.97 Å². The Hall–Kier alpha value is -2.30. The lowest BCUT2D eigenvalue weighted by molar-refractivity contribution is -0.119. The normalized spacial score (nSPS) is 20.8. The molecule has 1 aromatic carbocycles. The number of hydrogen-bond donors (Lipinski definition) is 0. The van der Waals surface area contributed by atoms with Crippen LogP contribution in [0.2, 0.25) is 0 Å². The van der Waals surface area contributed by atoms with E-state index < -0.39 is 5.97 Å². The molecule has 2 rings (SSSR count). The highest BCUT2D eigenvalue weighted by Gasteiger charge is 2.21. The molecule has 0 aliphatic carbocycles. The molecule has 0 fully saturated rings. The van der Waals surface area contributed by atoms with Gasteiger partial charge in [-0.1, -0.05) is 12.2 Å². The van der Waals surface area contributed by atoms with Gasteiger partial charge in [0.05, 0.1) is 20.3 Å². The molecule has 1 aliphatic rings. The number of methoxy groups -OCH3 is 2. The molecular weight excluding hydrogens is 320 g/mol. The molecule has 0 radical (unpaired) electrons. The van der Waals surface area contributed by atoms with Crippen LogP contribution < -0.4 is 9.47 Å². The Bertz CT molecular complexity index is 648. The number of carbonyl (C=O) groups is 2. The molecule has 0 spiro atoms. The standard InChI is InChI=1S/C20H26O5/c1-14-8-7-11-16(21)10-6-4-5-9-15-12-17(23-2)13-18(24-3)19(15)20(22)25-14/h5,9,12-14H,4,6-8,10-11H2,1-3H3/b9-5-/t14-/m0/s1. The van der Waals surface area contributed by atoms with Crippen LogP contribution in [-0.2, 0) is 9.53 Å². The number of esters is 1. The summed E-state index contributed by atoms with van der Waals surface area (Å²) in [5, 5.41) is 0. The van der Waals surface area contributed by atoms with Crippen LogP contribution in [0.3, 0.4) is 0 Å². The first-order valence-corrected chi connectivity index (χ1v) is 8.70. The van der Waals surface area contributed by atoms with Crippen molar-refractivity contribution in [3.05, 3.63) is 29.3 Å². The van der Waals surface area contributed by atoms with Gasteiger partial charge in [-0.25, -0.2) is 4.79 Å². The Morgan fingerprint density at radius 2 is 1.84 bits per heavy atom. The first-order valence-electron chi connectivity index (χ1n) is 8.70. The molecule has 0 saturated heterocycles. The van der Waals surface area contributed by atoms with Crippen molar-refractivity contribution in [2.75, 3.05) is 14.2 Å². The molecule has 1 aromatic rings. The fraction of sp³-hybridized carbons (Fsp3) is 0.500. The summed E-state index contributed by atoms with van der Waals surface area (Å²) in [5.74, 6) is 0.888. The van der Waals surface area contributed by atoms with Crippen LogP contribution in [0, 0.1) is 0 Å². The van der Waals surface area contributed by atoms with Gasteiger partial charge < -0.3 is 14.2 Å². The van der Waals surface area contributed by atoms with Crippen molar-refractivity contribution in [3.8, 4) is 11.5 Å². The monoisotopic (exact) mass is 346 g/mol. The summed E-state index contributed by atoms with van der Waals surface area (Å²) in [7, 11) is 3.09. The lowest BCUT2D eigenvalue weighted by Crippen LogP contribution is -2.17. The van der Waals surface area contributed by atoms with Crippen LogP contribution in [-0.4, -0.2) is 32.1 Å². The fourth-order valence-corrected chi connectivity index (χ4v) is 2.88. The number of cyclic esters (lactones) is 1. The van der Waals surface area contributed by atoms with E-state index in [9.17, 15) is 9.59 Å². The Labute approximate surface area is 149 Å². The van der Waals surface area contributed by atoms with Crippen LogP contribution in [0.4, 0.5) is 0 Å². The zero-order valence-electron chi connectivity index (χ0n) is 15.2. The number of fused-ring (bicyclic) bond motifs is 1. The quantitative estimate of drug-likeness (QED) is 0.752. The van der Waals surface area contributed by atoms with Crippen LogP contribution in [0.5, 0.6) is 11.5 Å². The summed E-state index contributed by atoms with van der Waals surface area (Å²) in [6.45, 7) is 1.85. The second kappa shape index (κ2) is 9.25. The maximum atomic E-state index is 12.7. The molecule has 0 N–H and O–H groups in total. The van der Waals surface area contributed by atoms with Gasteiger partial charge in [-0.3, -0.25) is 4.79 Å². The van der Waals surface area contributed by atoms with E-state index in [0.717, 1.165) is 19.3 Å². The maximum absolute atomic E-state index is 12.7. The van der Waals surface area contributed by atoms with Crippen LogP contribution in [0.1, 0.15) is 61.4 Å². The van der Waals surface area contributed by atoms with Crippen molar-refractivity contribution in [1.29, 1.82) is 0 Å². The highest BCUT2D eigenvalue weighted by Crippen LogP contribution is 2.31. The van der Waals surface area contributed by atoms with E-state index in [0.29, 0.717) is 41.9 Å². The highest BCUT2D eigenvalue weighted by molar-refractivity contribution is 5.97. The summed E-state index contributed by atoms with van der Waals surface area (Å²) in [6, 6.07) is 3.47. The predicted molar refractivity (Wildman–Crippen MR) is 96.2 cm³/mol. The number of carbonyl (C=O) groups excluding carboxylic acids is 2. The summed E-state index contributed by atoms with van der Waals surface area (Å²) in [4.78, 5) is 24.5. The van der Waals surface area contributed by atoms with Gasteiger partial charge in [0.2, 0.25) is 0 Å². The molecule has 5 heteroatoms. The summed E-state index contributed by atoms with van der Waals surface area (Å²) in [6.07, 6.45) is 7.69. The smallest absolute Gasteiger partial charge is 0.342 e. The van der Waals surface area contributed by atoms with E-state index in [1.165, 1.54) is 7.11 Å². The Morgan fingerprint density at radius 3 is 2.56 bits per heavy atom. The van der Waals surface area contributed by atoms with Gasteiger partial charge in [0.25, 0.3) is 0 Å². The van der Waals surface area contributed by atoms with Crippen LogP contribution in [0.15, 0.2) is 18.2 Å². The van der Waals surface area contributed by atoms with Crippen molar-refractivity contribution in [2.24, 2.45) is 0 Å². The molecular formula is C20H26O5. The Morgan fingerprint density at radius 1 is 1.08 bits per heavy atom. The third-order valence-electron chi connectivity index (χ3n) is 4.26. The van der Waals surface area contributed by atoms with Gasteiger partial charge in [0, 0.05) is 18.9 Å². The Balaban J connectivity index is 2.39. The van der Waals surface area contributed by atoms with Crippen molar-refractivity contribution in [1.82, 2.24) is 0 Å². The first-order chi connectivity index (χ1) is 12.0. The summed E-state index contributed by atoms with van der Waals surface area (Å²) in [5.41, 5.74) is 1.09. The molecule has 0 unspecified atom stereocenters. The van der Waals surface area contributed by atoms with Crippen molar-refractivity contribution >= 4 is 17.8 Å². The lowest BCUT2D eigenvalue weighted by atomic mass is 10.0. The number of rotatable bonds is 2. The van der Waals surface area contributed by atoms with Crippen molar-refractivity contribution in [3.63, 3.8) is 0 Å². The van der Waals surface area contributed by atoms with E-state index in [-0.39, 0.29) is 11.9 Å². The van der Waals surface area contributed by atoms with E-state index in [1.54, 1.807) is 19.2 Å². The molecule has 1 heterocycles. The number of benzene rings is 1. The molecule has 136 valence electrons. The number of ketones is 1. The molecule has 25 heavy (non-hydrogen) atoms. The zero-order valence-corrected chi connectivity index (χ0v) is 15.2. The number of Topliss-reactive ketones (excluding diaryl/α,β-unsaturated/α-hetero) is 1. The molecule has 0 saturated carbocycles. The minimum Gasteiger partial charge on any atom is -0.497 e. The number of ether oxygens (including phenoxy) is 3. The summed E-state index contributed by atoms with van der Waals surface area (Å²) >= 11 is 0. The Kier molecular flexibility index (Phi) is 7.04. The molecule has 0 aromatic heterocycles. The second-order valence-electron chi connectivity index (χ2n) is 6.24. The van der Waals surface area contributed by atoms with E-state index >= 15 is 0 Å². The molecule has 1 aliphatic heterocycles. The summed E-state index contributed by atoms with van der Waals surface area (Å²) < 4.78 is 16.2. The zero-order chi connectivity index (χ0) is 18.2. The van der Waals surface area contributed by atoms with Gasteiger partial charge in [-0.05, 0) is 44.2 Å². The second-order valence-corrected chi connectivity index (χ2v) is 6.24. The van der Waals surface area contributed by atoms with Gasteiger partial charge in [-0.2, -0.15) is 0 Å². The van der Waals surface area contributed by atoms with E-state index in [4.69, 9.17) is 14.2 Å². The van der Waals surface area contributed by atoms with Crippen LogP contribution in [0.25, 0.3) is 6.08 Å². The fourth-order valence-electron chi connectivity index (χ4n) is 2.88. The maximum Gasteiger partial charge on any atom is 0.342 e. The van der Waals surface area contributed by atoms with Gasteiger partial charge in [0.15, 0.2) is 0 Å². The molecule has 5 nitrogen and oxygen atoms in total. The SMILES string of the molecule is COc1cc2c(c(OC)c1)C(=O)O[C@@H](C)CCCC(=O)CCC/C=C\2. The average molecular weight is 346 g/mol. The van der Waals surface area contributed by atoms with Crippen molar-refractivity contribution in [2.45, 2.75) is 51.6 Å². The minimum atomic E-state index is -0.421. The average Bonchev–Trinajstić information content (AvgIpc) is 2.59. The van der Waals surface area contributed by atoms with Crippen molar-refractivity contribution < 1.29 is 23.8 Å². The third-order valence-corrected chi connectivity index (χ3v) is 4.26. The van der Waals surface area contributed by atoms with Crippen LogP contribution >= 0.6 is 0 Å². The van der Waals surface area contributed by atoms with E-state index in [1.807, 2.05) is 19.1 Å². The number of allylic oxidation sites excluding steroid dienone is 1. The molecule has 0 bridgehead atoms. The third kappa shape index (κ3) is 5.34. The molecule has 1 atom stereocenters. The van der Waals surface area contributed by atoms with Gasteiger partial charge in [0.1, 0.15) is 22.8 Å². The minimum absolute atomic E-state index is 0.258. The predicted octanol–water partition coefficient (Wildman–Crippen LogP) is 4.19. The number of hydrogen-bond acceptors (Lipinski definition) is 5. The lowest BCUT2D eigenvalue weighted by Gasteiger charge is -2.17. The topological polar surface area (TPSA) is 61.8 Å². The largest absolute Gasteiger partial charge is 0.497 e.